The fourth-order valence-electron chi connectivity index (χ4n) is 2.11. The molecule has 31 heavy (non-hydrogen) atoms. The molecule has 4 N–H and O–H groups in total. The number of carboxylic acid groups (broad SMARTS) is 1. The number of carbonyl (C=O) groups is 2. The predicted molar refractivity (Wildman–Crippen MR) is 98.7 cm³/mol. The minimum absolute atomic E-state index is 0.329. The van der Waals surface area contributed by atoms with Gasteiger partial charge in [-0.05, 0) is 32.9 Å². The second-order valence-corrected chi connectivity index (χ2v) is 7.03. The van der Waals surface area contributed by atoms with E-state index in [-0.39, 0.29) is 0 Å². The van der Waals surface area contributed by atoms with E-state index in [0.29, 0.717) is 12.1 Å². The zero-order valence-electron chi connectivity index (χ0n) is 16.7. The van der Waals surface area contributed by atoms with Gasteiger partial charge in [0.25, 0.3) is 0 Å². The Hall–Kier alpha value is -3.44. The van der Waals surface area contributed by atoms with Crippen LogP contribution in [0.4, 0.5) is 37.7 Å². The molecule has 6 nitrogen and oxygen atoms in total. The number of rotatable bonds is 3. The maximum atomic E-state index is 13.7. The molecule has 0 aliphatic heterocycles. The molecule has 0 saturated carbocycles. The molecule has 0 bridgehead atoms. The molecule has 0 spiro atoms. The number of ether oxygens (including phenoxy) is 1. The van der Waals surface area contributed by atoms with Gasteiger partial charge in [-0.2, -0.15) is 0 Å². The lowest BCUT2D eigenvalue weighted by atomic mass is 10.1. The summed E-state index contributed by atoms with van der Waals surface area (Å²) in [5.74, 6) is -11.5. The van der Waals surface area contributed by atoms with Crippen molar-refractivity contribution in [2.24, 2.45) is 0 Å². The summed E-state index contributed by atoms with van der Waals surface area (Å²) in [5.41, 5.74) is 0.637. The highest BCUT2D eigenvalue weighted by Gasteiger charge is 2.25. The maximum Gasteiger partial charge on any atom is 0.341 e. The van der Waals surface area contributed by atoms with E-state index in [1.54, 1.807) is 20.8 Å². The Morgan fingerprint density at radius 1 is 0.903 bits per heavy atom. The molecule has 2 rings (SSSR count). The zero-order chi connectivity index (χ0) is 24.3. The van der Waals surface area contributed by atoms with Gasteiger partial charge in [-0.25, -0.2) is 35.9 Å². The van der Waals surface area contributed by atoms with E-state index >= 15 is 0 Å². The van der Waals surface area contributed by atoms with Crippen LogP contribution < -0.4 is 11.1 Å². The first-order valence-electron chi connectivity index (χ1n) is 8.32. The molecule has 0 saturated heterocycles. The van der Waals surface area contributed by atoms with Crippen LogP contribution in [0.15, 0.2) is 12.1 Å². The van der Waals surface area contributed by atoms with Crippen molar-refractivity contribution in [2.75, 3.05) is 18.2 Å². The number of methoxy groups -OCH3 is 1. The highest BCUT2D eigenvalue weighted by Crippen LogP contribution is 2.27. The van der Waals surface area contributed by atoms with Crippen molar-refractivity contribution in [3.63, 3.8) is 0 Å². The van der Waals surface area contributed by atoms with E-state index in [2.05, 4.69) is 10.1 Å². The largest absolute Gasteiger partial charge is 0.478 e. The summed E-state index contributed by atoms with van der Waals surface area (Å²) < 4.78 is 83.0. The Balaban J connectivity index is 0.000000327. The molecule has 12 heteroatoms. The molecule has 0 atom stereocenters. The van der Waals surface area contributed by atoms with Crippen molar-refractivity contribution in [1.29, 1.82) is 0 Å². The monoisotopic (exact) mass is 452 g/mol. The quantitative estimate of drug-likeness (QED) is 0.275. The van der Waals surface area contributed by atoms with Gasteiger partial charge >= 0.3 is 11.9 Å². The van der Waals surface area contributed by atoms with E-state index in [1.165, 1.54) is 0 Å². The van der Waals surface area contributed by atoms with Crippen molar-refractivity contribution in [2.45, 2.75) is 26.3 Å². The first-order chi connectivity index (χ1) is 14.1. The van der Waals surface area contributed by atoms with Gasteiger partial charge in [0, 0.05) is 5.54 Å². The number of nitrogens with one attached hydrogen (secondary N) is 1. The van der Waals surface area contributed by atoms with E-state index < -0.39 is 74.9 Å². The molecular weight excluding hydrogens is 434 g/mol. The van der Waals surface area contributed by atoms with Crippen LogP contribution in [0.2, 0.25) is 0 Å². The van der Waals surface area contributed by atoms with Crippen LogP contribution in [0.5, 0.6) is 0 Å². The summed E-state index contributed by atoms with van der Waals surface area (Å²) in [7, 11) is 0.999. The van der Waals surface area contributed by atoms with Crippen LogP contribution in [0.25, 0.3) is 0 Å². The first-order valence-corrected chi connectivity index (χ1v) is 8.32. The molecule has 170 valence electrons. The number of carbonyl (C=O) groups excluding carboxylic acids is 1. The number of nitrogen functional groups attached to an aromatic ring is 1. The van der Waals surface area contributed by atoms with Crippen molar-refractivity contribution >= 4 is 23.3 Å². The number of aromatic carboxylic acids is 1. The molecule has 0 aromatic heterocycles. The predicted octanol–water partition coefficient (Wildman–Crippen LogP) is 4.49. The highest BCUT2D eigenvalue weighted by molar-refractivity contribution is 5.90. The van der Waals surface area contributed by atoms with Crippen LogP contribution in [-0.2, 0) is 4.74 Å². The minimum atomic E-state index is -1.75. The number of halogens is 6. The summed E-state index contributed by atoms with van der Waals surface area (Å²) in [6.45, 7) is 4.99. The number of nitrogens with two attached hydrogens (primary N) is 1. The fourth-order valence-corrected chi connectivity index (χ4v) is 2.11. The van der Waals surface area contributed by atoms with Gasteiger partial charge in [0.05, 0.1) is 7.11 Å². The number of hydrogen-bond donors (Lipinski definition) is 3. The normalized spacial score (nSPS) is 10.8. The number of benzene rings is 2. The third-order valence-corrected chi connectivity index (χ3v) is 3.49. The lowest BCUT2D eigenvalue weighted by Crippen LogP contribution is -2.28. The summed E-state index contributed by atoms with van der Waals surface area (Å²) in [4.78, 5) is 21.3. The molecule has 0 aliphatic rings. The molecule has 0 unspecified atom stereocenters. The third kappa shape index (κ3) is 6.03. The summed E-state index contributed by atoms with van der Waals surface area (Å²) in [5, 5.41) is 10.8. The van der Waals surface area contributed by atoms with Crippen LogP contribution in [0, 0.1) is 34.9 Å². The first kappa shape index (κ1) is 25.6. The Morgan fingerprint density at radius 2 is 1.39 bits per heavy atom. The topological polar surface area (TPSA) is 102 Å². The molecule has 0 radical (unpaired) electrons. The standard InChI is InChI=1S/C12H14F3NO2.C7H4F3NO2/c1-12(2,3)16-10-7(13)5-6(11(17)18-4)8(14)9(10)15;8-3-1-2(7(12)13)4(9)5(10)6(3)11/h5,16H,1-4H3;1H,11H2,(H,12,13). The lowest BCUT2D eigenvalue weighted by molar-refractivity contribution is 0.0592. The maximum absolute atomic E-state index is 13.7. The smallest absolute Gasteiger partial charge is 0.341 e. The second-order valence-electron chi connectivity index (χ2n) is 7.03. The van der Waals surface area contributed by atoms with Gasteiger partial charge in [0.15, 0.2) is 23.3 Å². The van der Waals surface area contributed by atoms with E-state index in [1.807, 2.05) is 0 Å². The van der Waals surface area contributed by atoms with Crippen LogP contribution in [0.1, 0.15) is 41.5 Å². The van der Waals surface area contributed by atoms with E-state index in [4.69, 9.17) is 10.8 Å². The van der Waals surface area contributed by atoms with Crippen molar-refractivity contribution in [3.05, 3.63) is 58.2 Å². The van der Waals surface area contributed by atoms with Gasteiger partial charge in [-0.15, -0.1) is 0 Å². The van der Waals surface area contributed by atoms with E-state index in [9.17, 15) is 35.9 Å². The SMILES string of the molecule is COC(=O)c1cc(F)c(NC(C)(C)C)c(F)c1F.Nc1c(F)cc(C(=O)O)c(F)c1F. The van der Waals surface area contributed by atoms with Gasteiger partial charge in [0.1, 0.15) is 34.1 Å². The number of anilines is 2. The molecule has 0 fully saturated rings. The van der Waals surface area contributed by atoms with Gasteiger partial charge in [-0.1, -0.05) is 0 Å². The van der Waals surface area contributed by atoms with Crippen LogP contribution >= 0.6 is 0 Å². The average Bonchev–Trinajstić information content (AvgIpc) is 2.68. The summed E-state index contributed by atoms with van der Waals surface area (Å²) >= 11 is 0. The Labute approximate surface area is 172 Å². The number of carboxylic acids is 1. The second kappa shape index (κ2) is 9.58. The van der Waals surface area contributed by atoms with Crippen molar-refractivity contribution in [1.82, 2.24) is 0 Å². The Bertz CT molecular complexity index is 1020. The summed E-state index contributed by atoms with van der Waals surface area (Å²) in [6.07, 6.45) is 0. The Kier molecular flexibility index (Phi) is 7.91. The average molecular weight is 452 g/mol. The van der Waals surface area contributed by atoms with Gasteiger partial charge in [-0.3, -0.25) is 0 Å². The molecule has 2 aromatic rings. The lowest BCUT2D eigenvalue weighted by Gasteiger charge is -2.23. The van der Waals surface area contributed by atoms with Crippen LogP contribution in [0.3, 0.4) is 0 Å². The highest BCUT2D eigenvalue weighted by atomic mass is 19.2. The number of esters is 1. The molecule has 0 amide bonds. The molecule has 0 aliphatic carbocycles. The van der Waals surface area contributed by atoms with E-state index in [0.717, 1.165) is 7.11 Å². The third-order valence-electron chi connectivity index (χ3n) is 3.49. The molecular formula is C19H18F6N2O4. The van der Waals surface area contributed by atoms with Crippen molar-refractivity contribution < 1.29 is 45.8 Å². The van der Waals surface area contributed by atoms with Gasteiger partial charge < -0.3 is 20.9 Å². The molecule has 2 aromatic carbocycles. The number of hydrogen-bond acceptors (Lipinski definition) is 5. The molecule has 0 heterocycles. The zero-order valence-corrected chi connectivity index (χ0v) is 16.7. The summed E-state index contributed by atoms with van der Waals surface area (Å²) in [6, 6.07) is 0.939. The fraction of sp³-hybridized carbons (Fsp3) is 0.263. The minimum Gasteiger partial charge on any atom is -0.478 e. The van der Waals surface area contributed by atoms with Crippen molar-refractivity contribution in [3.8, 4) is 0 Å². The van der Waals surface area contributed by atoms with Gasteiger partial charge in [0.2, 0.25) is 0 Å². The Morgan fingerprint density at radius 3 is 1.84 bits per heavy atom. The van der Waals surface area contributed by atoms with Crippen LogP contribution in [-0.4, -0.2) is 29.7 Å².